The zero-order chi connectivity index (χ0) is 15.9. The van der Waals surface area contributed by atoms with Gasteiger partial charge in [-0.2, -0.15) is 0 Å². The van der Waals surface area contributed by atoms with Crippen LogP contribution in [0.2, 0.25) is 0 Å². The molecule has 0 heterocycles. The van der Waals surface area contributed by atoms with Crippen molar-refractivity contribution in [3.63, 3.8) is 0 Å². The molecule has 0 fully saturated rings. The Bertz CT molecular complexity index is 469. The fraction of sp³-hybridized carbons (Fsp3) is 0.562. The normalized spacial score (nSPS) is 15.3. The van der Waals surface area contributed by atoms with Crippen molar-refractivity contribution in [1.29, 1.82) is 0 Å². The number of carbonyl (C=O) groups is 1. The minimum Gasteiger partial charge on any atom is -0.468 e. The van der Waals surface area contributed by atoms with Gasteiger partial charge in [0.1, 0.15) is 5.54 Å². The third-order valence-corrected chi connectivity index (χ3v) is 4.82. The van der Waals surface area contributed by atoms with E-state index in [1.807, 2.05) is 19.1 Å². The lowest BCUT2D eigenvalue weighted by molar-refractivity contribution is -0.148. The van der Waals surface area contributed by atoms with E-state index >= 15 is 0 Å². The van der Waals surface area contributed by atoms with Crippen LogP contribution in [-0.4, -0.2) is 30.4 Å². The van der Waals surface area contributed by atoms with Gasteiger partial charge in [-0.3, -0.25) is 4.79 Å². The molecule has 1 aromatic carbocycles. The number of benzene rings is 1. The predicted molar refractivity (Wildman–Crippen MR) is 92.8 cm³/mol. The van der Waals surface area contributed by atoms with Crippen LogP contribution >= 0.6 is 27.7 Å². The molecule has 118 valence electrons. The number of methoxy groups -OCH3 is 1. The molecule has 1 aromatic rings. The molecule has 0 amide bonds. The van der Waals surface area contributed by atoms with Crippen molar-refractivity contribution < 1.29 is 9.53 Å². The molecule has 0 aliphatic carbocycles. The van der Waals surface area contributed by atoms with E-state index in [4.69, 9.17) is 4.74 Å². The van der Waals surface area contributed by atoms with Crippen molar-refractivity contribution in [2.24, 2.45) is 0 Å². The minimum atomic E-state index is -0.636. The Balaban J connectivity index is 2.71. The molecule has 21 heavy (non-hydrogen) atoms. The van der Waals surface area contributed by atoms with Crippen molar-refractivity contribution in [2.75, 3.05) is 13.7 Å². The summed E-state index contributed by atoms with van der Waals surface area (Å²) >= 11 is 5.25. The average molecular weight is 374 g/mol. The molecule has 1 rings (SSSR count). The first kappa shape index (κ1) is 18.5. The van der Waals surface area contributed by atoms with Crippen LogP contribution in [0.4, 0.5) is 0 Å². The van der Waals surface area contributed by atoms with Gasteiger partial charge < -0.3 is 10.1 Å². The van der Waals surface area contributed by atoms with E-state index in [9.17, 15) is 4.79 Å². The van der Waals surface area contributed by atoms with E-state index < -0.39 is 5.54 Å². The third-order valence-electron chi connectivity index (χ3n) is 3.23. The van der Waals surface area contributed by atoms with E-state index in [0.717, 1.165) is 23.9 Å². The van der Waals surface area contributed by atoms with Crippen LogP contribution in [0.5, 0.6) is 0 Å². The SMILES string of the molecule is CCCNC(C)(CC(C)Sc1cccc(Br)c1)C(=O)OC. The molecule has 1 N–H and O–H groups in total. The van der Waals surface area contributed by atoms with Gasteiger partial charge in [-0.05, 0) is 44.5 Å². The number of thioether (sulfide) groups is 1. The van der Waals surface area contributed by atoms with Crippen LogP contribution in [0, 0.1) is 0 Å². The van der Waals surface area contributed by atoms with Crippen molar-refractivity contribution in [3.8, 4) is 0 Å². The number of ether oxygens (including phenoxy) is 1. The van der Waals surface area contributed by atoms with Crippen molar-refractivity contribution in [1.82, 2.24) is 5.32 Å². The van der Waals surface area contributed by atoms with Gasteiger partial charge in [0.15, 0.2) is 0 Å². The Morgan fingerprint density at radius 1 is 1.52 bits per heavy atom. The van der Waals surface area contributed by atoms with Gasteiger partial charge in [0, 0.05) is 14.6 Å². The number of carbonyl (C=O) groups excluding carboxylic acids is 1. The smallest absolute Gasteiger partial charge is 0.325 e. The second kappa shape index (κ2) is 8.81. The highest BCUT2D eigenvalue weighted by Gasteiger charge is 2.35. The predicted octanol–water partition coefficient (Wildman–Crippen LogP) is 4.25. The highest BCUT2D eigenvalue weighted by atomic mass is 79.9. The lowest BCUT2D eigenvalue weighted by Gasteiger charge is -2.30. The molecular weight excluding hydrogens is 350 g/mol. The largest absolute Gasteiger partial charge is 0.468 e. The summed E-state index contributed by atoms with van der Waals surface area (Å²) in [5, 5.41) is 3.63. The number of esters is 1. The minimum absolute atomic E-state index is 0.197. The van der Waals surface area contributed by atoms with Crippen LogP contribution in [0.15, 0.2) is 33.6 Å². The number of hydrogen-bond donors (Lipinski definition) is 1. The summed E-state index contributed by atoms with van der Waals surface area (Å²) in [6, 6.07) is 8.21. The van der Waals surface area contributed by atoms with E-state index in [0.29, 0.717) is 5.25 Å². The van der Waals surface area contributed by atoms with Gasteiger partial charge in [0.05, 0.1) is 7.11 Å². The highest BCUT2D eigenvalue weighted by Crippen LogP contribution is 2.30. The van der Waals surface area contributed by atoms with Crippen LogP contribution in [0.3, 0.4) is 0 Å². The summed E-state index contributed by atoms with van der Waals surface area (Å²) < 4.78 is 6.03. The summed E-state index contributed by atoms with van der Waals surface area (Å²) in [7, 11) is 1.44. The van der Waals surface area contributed by atoms with E-state index in [-0.39, 0.29) is 5.97 Å². The summed E-state index contributed by atoms with van der Waals surface area (Å²) in [4.78, 5) is 13.3. The quantitative estimate of drug-likeness (QED) is 0.545. The molecule has 0 aliphatic rings. The molecule has 0 aliphatic heterocycles. The maximum Gasteiger partial charge on any atom is 0.325 e. The zero-order valence-corrected chi connectivity index (χ0v) is 15.5. The Kier molecular flexibility index (Phi) is 7.77. The van der Waals surface area contributed by atoms with Crippen LogP contribution in [0.1, 0.15) is 33.6 Å². The average Bonchev–Trinajstić information content (AvgIpc) is 2.44. The number of rotatable bonds is 8. The van der Waals surface area contributed by atoms with Crippen LogP contribution in [0.25, 0.3) is 0 Å². The molecule has 0 saturated heterocycles. The van der Waals surface area contributed by atoms with Crippen molar-refractivity contribution in [3.05, 3.63) is 28.7 Å². The van der Waals surface area contributed by atoms with Gasteiger partial charge in [0.2, 0.25) is 0 Å². The number of nitrogens with one attached hydrogen (secondary N) is 1. The maximum absolute atomic E-state index is 12.1. The lowest BCUT2D eigenvalue weighted by atomic mass is 9.96. The molecule has 0 saturated carbocycles. The van der Waals surface area contributed by atoms with Crippen molar-refractivity contribution >= 4 is 33.7 Å². The Morgan fingerprint density at radius 2 is 2.24 bits per heavy atom. The molecule has 0 spiro atoms. The third kappa shape index (κ3) is 6.01. The molecule has 3 nitrogen and oxygen atoms in total. The Labute approximate surface area is 140 Å². The standard InChI is InChI=1S/C16H24BrNO2S/c1-5-9-18-16(3,15(19)20-4)11-12(2)21-14-8-6-7-13(17)10-14/h6-8,10,12,18H,5,9,11H2,1-4H3. The van der Waals surface area contributed by atoms with Crippen LogP contribution < -0.4 is 5.32 Å². The summed E-state index contributed by atoms with van der Waals surface area (Å²) in [5.41, 5.74) is -0.636. The fourth-order valence-corrected chi connectivity index (χ4v) is 4.03. The Hall–Kier alpha value is -0.520. The molecule has 2 unspecified atom stereocenters. The molecule has 0 bridgehead atoms. The first-order chi connectivity index (χ1) is 9.91. The van der Waals surface area contributed by atoms with E-state index in [1.165, 1.54) is 12.0 Å². The van der Waals surface area contributed by atoms with Gasteiger partial charge >= 0.3 is 5.97 Å². The number of halogens is 1. The Morgan fingerprint density at radius 3 is 2.81 bits per heavy atom. The number of hydrogen-bond acceptors (Lipinski definition) is 4. The first-order valence-electron chi connectivity index (χ1n) is 7.17. The summed E-state index contributed by atoms with van der Waals surface area (Å²) in [5.74, 6) is -0.197. The van der Waals surface area contributed by atoms with Gasteiger partial charge in [-0.15, -0.1) is 11.8 Å². The molecule has 0 aromatic heterocycles. The topological polar surface area (TPSA) is 38.3 Å². The van der Waals surface area contributed by atoms with Gasteiger partial charge in [0.25, 0.3) is 0 Å². The fourth-order valence-electron chi connectivity index (χ4n) is 2.24. The summed E-state index contributed by atoms with van der Waals surface area (Å²) in [6.07, 6.45) is 1.70. The lowest BCUT2D eigenvalue weighted by Crippen LogP contribution is -2.51. The van der Waals surface area contributed by atoms with Crippen molar-refractivity contribution in [2.45, 2.75) is 49.3 Å². The molecule has 5 heteroatoms. The first-order valence-corrected chi connectivity index (χ1v) is 8.84. The van der Waals surface area contributed by atoms with E-state index in [2.05, 4.69) is 47.2 Å². The molecule has 2 atom stereocenters. The summed E-state index contributed by atoms with van der Waals surface area (Å²) in [6.45, 7) is 6.96. The highest BCUT2D eigenvalue weighted by molar-refractivity contribution is 9.10. The molecule has 0 radical (unpaired) electrons. The zero-order valence-electron chi connectivity index (χ0n) is 13.1. The van der Waals surface area contributed by atoms with E-state index in [1.54, 1.807) is 11.8 Å². The molecular formula is C16H24BrNO2S. The van der Waals surface area contributed by atoms with Crippen LogP contribution in [-0.2, 0) is 9.53 Å². The monoisotopic (exact) mass is 373 g/mol. The maximum atomic E-state index is 12.1. The second-order valence-electron chi connectivity index (χ2n) is 5.34. The van der Waals surface area contributed by atoms with Gasteiger partial charge in [-0.25, -0.2) is 0 Å². The second-order valence-corrected chi connectivity index (χ2v) is 7.77. The van der Waals surface area contributed by atoms with Gasteiger partial charge in [-0.1, -0.05) is 35.8 Å².